The SMILES string of the molecule is CC(C)[C@@H](CO)NCc1cccnc1C(N)=NO. The molecule has 1 aromatic rings. The highest BCUT2D eigenvalue weighted by atomic mass is 16.4. The molecule has 0 aliphatic carbocycles. The zero-order chi connectivity index (χ0) is 13.5. The molecule has 0 aromatic carbocycles. The molecule has 0 saturated heterocycles. The average molecular weight is 252 g/mol. The second-order valence-corrected chi connectivity index (χ2v) is 4.41. The van der Waals surface area contributed by atoms with Crippen LogP contribution in [0, 0.1) is 5.92 Å². The molecule has 1 rings (SSSR count). The number of aliphatic hydroxyl groups excluding tert-OH is 1. The molecule has 0 radical (unpaired) electrons. The van der Waals surface area contributed by atoms with E-state index in [-0.39, 0.29) is 18.5 Å². The van der Waals surface area contributed by atoms with Gasteiger partial charge in [-0.1, -0.05) is 25.1 Å². The van der Waals surface area contributed by atoms with E-state index >= 15 is 0 Å². The molecule has 0 fully saturated rings. The predicted octanol–water partition coefficient (Wildman–Crippen LogP) is 0.283. The number of oxime groups is 1. The Hall–Kier alpha value is -1.66. The van der Waals surface area contributed by atoms with Crippen molar-refractivity contribution in [3.8, 4) is 0 Å². The molecular formula is C12H20N4O2. The standard InChI is InChI=1S/C12H20N4O2/c1-8(2)10(7-17)15-6-9-4-3-5-14-11(9)12(13)16-18/h3-5,8,10,15,17-18H,6-7H2,1-2H3,(H2,13,16)/t10-/m1/s1. The van der Waals surface area contributed by atoms with Gasteiger partial charge in [-0.2, -0.15) is 0 Å². The van der Waals surface area contributed by atoms with Crippen molar-refractivity contribution in [2.45, 2.75) is 26.4 Å². The first-order valence-corrected chi connectivity index (χ1v) is 5.86. The summed E-state index contributed by atoms with van der Waals surface area (Å²) in [6.45, 7) is 4.63. The lowest BCUT2D eigenvalue weighted by Gasteiger charge is -2.20. The molecule has 5 N–H and O–H groups in total. The summed E-state index contributed by atoms with van der Waals surface area (Å²) in [5.74, 6) is 0.302. The molecule has 0 bridgehead atoms. The van der Waals surface area contributed by atoms with Crippen LogP contribution in [0.25, 0.3) is 0 Å². The van der Waals surface area contributed by atoms with Gasteiger partial charge in [0.25, 0.3) is 0 Å². The van der Waals surface area contributed by atoms with Crippen molar-refractivity contribution < 1.29 is 10.3 Å². The van der Waals surface area contributed by atoms with Gasteiger partial charge in [-0.15, -0.1) is 0 Å². The van der Waals surface area contributed by atoms with E-state index in [4.69, 9.17) is 10.9 Å². The summed E-state index contributed by atoms with van der Waals surface area (Å²) in [6.07, 6.45) is 1.59. The fourth-order valence-corrected chi connectivity index (χ4v) is 1.61. The number of nitrogens with two attached hydrogens (primary N) is 1. The number of rotatable bonds is 6. The summed E-state index contributed by atoms with van der Waals surface area (Å²) in [5, 5.41) is 24.1. The number of aromatic nitrogens is 1. The molecule has 100 valence electrons. The Balaban J connectivity index is 2.79. The van der Waals surface area contributed by atoms with Crippen molar-refractivity contribution in [2.24, 2.45) is 16.8 Å². The first-order valence-electron chi connectivity index (χ1n) is 5.86. The van der Waals surface area contributed by atoms with Gasteiger partial charge in [0.05, 0.1) is 6.61 Å². The zero-order valence-corrected chi connectivity index (χ0v) is 10.7. The van der Waals surface area contributed by atoms with E-state index in [9.17, 15) is 5.11 Å². The fourth-order valence-electron chi connectivity index (χ4n) is 1.61. The highest BCUT2D eigenvalue weighted by Gasteiger charge is 2.13. The second-order valence-electron chi connectivity index (χ2n) is 4.41. The quantitative estimate of drug-likeness (QED) is 0.252. The number of amidine groups is 1. The van der Waals surface area contributed by atoms with Gasteiger partial charge < -0.3 is 21.4 Å². The van der Waals surface area contributed by atoms with Crippen LogP contribution < -0.4 is 11.1 Å². The maximum Gasteiger partial charge on any atom is 0.189 e. The highest BCUT2D eigenvalue weighted by Crippen LogP contribution is 2.07. The Morgan fingerprint density at radius 2 is 2.28 bits per heavy atom. The third-order valence-electron chi connectivity index (χ3n) is 2.80. The summed E-state index contributed by atoms with van der Waals surface area (Å²) in [6, 6.07) is 3.64. The average Bonchev–Trinajstić information content (AvgIpc) is 2.38. The molecule has 1 atom stereocenters. The lowest BCUT2D eigenvalue weighted by Crippen LogP contribution is -2.37. The lowest BCUT2D eigenvalue weighted by atomic mass is 10.0. The third kappa shape index (κ3) is 3.68. The van der Waals surface area contributed by atoms with Crippen LogP contribution >= 0.6 is 0 Å². The zero-order valence-electron chi connectivity index (χ0n) is 10.7. The van der Waals surface area contributed by atoms with Crippen LogP contribution in [-0.2, 0) is 6.54 Å². The first kappa shape index (κ1) is 14.4. The maximum absolute atomic E-state index is 9.23. The number of hydrogen-bond acceptors (Lipinski definition) is 5. The van der Waals surface area contributed by atoms with E-state index in [1.807, 2.05) is 19.9 Å². The van der Waals surface area contributed by atoms with Gasteiger partial charge in [0.2, 0.25) is 0 Å². The van der Waals surface area contributed by atoms with E-state index in [0.717, 1.165) is 5.56 Å². The van der Waals surface area contributed by atoms with Crippen molar-refractivity contribution in [1.29, 1.82) is 0 Å². The molecule has 0 aliphatic heterocycles. The van der Waals surface area contributed by atoms with Crippen molar-refractivity contribution in [3.05, 3.63) is 29.6 Å². The van der Waals surface area contributed by atoms with E-state index in [2.05, 4.69) is 15.5 Å². The Kier molecular flexibility index (Phi) is 5.54. The molecule has 0 spiro atoms. The Morgan fingerprint density at radius 1 is 1.56 bits per heavy atom. The number of aliphatic hydroxyl groups is 1. The van der Waals surface area contributed by atoms with Gasteiger partial charge in [-0.25, -0.2) is 0 Å². The van der Waals surface area contributed by atoms with E-state index in [0.29, 0.717) is 18.2 Å². The maximum atomic E-state index is 9.23. The lowest BCUT2D eigenvalue weighted by molar-refractivity contribution is 0.210. The smallest absolute Gasteiger partial charge is 0.189 e. The van der Waals surface area contributed by atoms with E-state index < -0.39 is 0 Å². The van der Waals surface area contributed by atoms with Crippen molar-refractivity contribution in [2.75, 3.05) is 6.61 Å². The van der Waals surface area contributed by atoms with Crippen molar-refractivity contribution in [3.63, 3.8) is 0 Å². The molecular weight excluding hydrogens is 232 g/mol. The second kappa shape index (κ2) is 6.93. The number of hydrogen-bond donors (Lipinski definition) is 4. The van der Waals surface area contributed by atoms with Gasteiger partial charge >= 0.3 is 0 Å². The minimum atomic E-state index is -0.0162. The number of nitrogens with zero attached hydrogens (tertiary/aromatic N) is 2. The van der Waals surface area contributed by atoms with Crippen LogP contribution in [0.5, 0.6) is 0 Å². The predicted molar refractivity (Wildman–Crippen MR) is 69.3 cm³/mol. The van der Waals surface area contributed by atoms with Crippen LogP contribution in [0.15, 0.2) is 23.5 Å². The van der Waals surface area contributed by atoms with Crippen molar-refractivity contribution >= 4 is 5.84 Å². The van der Waals surface area contributed by atoms with Crippen molar-refractivity contribution in [1.82, 2.24) is 10.3 Å². The van der Waals surface area contributed by atoms with Crippen LogP contribution in [0.2, 0.25) is 0 Å². The Morgan fingerprint density at radius 3 is 2.83 bits per heavy atom. The monoisotopic (exact) mass is 252 g/mol. The van der Waals surface area contributed by atoms with Crippen LogP contribution in [0.1, 0.15) is 25.1 Å². The summed E-state index contributed by atoms with van der Waals surface area (Å²) < 4.78 is 0. The normalized spacial score (nSPS) is 13.9. The Bertz CT molecular complexity index is 407. The molecule has 0 amide bonds. The van der Waals surface area contributed by atoms with Gasteiger partial charge in [0.15, 0.2) is 5.84 Å². The molecule has 1 aromatic heterocycles. The number of pyridine rings is 1. The third-order valence-corrected chi connectivity index (χ3v) is 2.80. The van der Waals surface area contributed by atoms with Gasteiger partial charge in [-0.05, 0) is 17.5 Å². The van der Waals surface area contributed by atoms with E-state index in [1.54, 1.807) is 12.3 Å². The fraction of sp³-hybridized carbons (Fsp3) is 0.500. The van der Waals surface area contributed by atoms with E-state index in [1.165, 1.54) is 0 Å². The van der Waals surface area contributed by atoms with Gasteiger partial charge in [0, 0.05) is 18.8 Å². The topological polar surface area (TPSA) is 104 Å². The molecule has 18 heavy (non-hydrogen) atoms. The Labute approximate surface area is 107 Å². The first-order chi connectivity index (χ1) is 8.60. The molecule has 6 nitrogen and oxygen atoms in total. The van der Waals surface area contributed by atoms with Crippen LogP contribution in [0.3, 0.4) is 0 Å². The summed E-state index contributed by atoms with van der Waals surface area (Å²) in [4.78, 5) is 4.08. The largest absolute Gasteiger partial charge is 0.409 e. The van der Waals surface area contributed by atoms with Gasteiger partial charge in [-0.3, -0.25) is 4.98 Å². The molecule has 0 unspecified atom stereocenters. The minimum absolute atomic E-state index is 0.00495. The summed E-state index contributed by atoms with van der Waals surface area (Å²) in [5.41, 5.74) is 6.83. The van der Waals surface area contributed by atoms with Crippen LogP contribution in [-0.4, -0.2) is 33.8 Å². The number of nitrogens with one attached hydrogen (secondary N) is 1. The minimum Gasteiger partial charge on any atom is -0.409 e. The molecule has 1 heterocycles. The summed E-state index contributed by atoms with van der Waals surface area (Å²) in [7, 11) is 0. The van der Waals surface area contributed by atoms with Crippen LogP contribution in [0.4, 0.5) is 0 Å². The molecule has 0 saturated carbocycles. The summed E-state index contributed by atoms with van der Waals surface area (Å²) >= 11 is 0. The highest BCUT2D eigenvalue weighted by molar-refractivity contribution is 5.96. The molecule has 0 aliphatic rings. The molecule has 6 heteroatoms. The van der Waals surface area contributed by atoms with Gasteiger partial charge in [0.1, 0.15) is 5.69 Å².